The molecule has 4 nitrogen and oxygen atoms in total. The SMILES string of the molecule is CNCc1cc(COC2CCC(C)C(C)C2)on1. The Morgan fingerprint density at radius 2 is 2.22 bits per heavy atom. The first-order chi connectivity index (χ1) is 8.69. The van der Waals surface area contributed by atoms with Crippen LogP contribution < -0.4 is 5.32 Å². The van der Waals surface area contributed by atoms with E-state index in [1.54, 1.807) is 0 Å². The summed E-state index contributed by atoms with van der Waals surface area (Å²) in [5.74, 6) is 2.42. The Morgan fingerprint density at radius 1 is 1.39 bits per heavy atom. The van der Waals surface area contributed by atoms with Crippen molar-refractivity contribution in [2.24, 2.45) is 11.8 Å². The van der Waals surface area contributed by atoms with Crippen LogP contribution in [0.1, 0.15) is 44.6 Å². The summed E-state index contributed by atoms with van der Waals surface area (Å²) in [5.41, 5.74) is 0.932. The first kappa shape index (κ1) is 13.6. The van der Waals surface area contributed by atoms with E-state index in [4.69, 9.17) is 9.26 Å². The minimum atomic E-state index is 0.383. The molecule has 18 heavy (non-hydrogen) atoms. The van der Waals surface area contributed by atoms with Gasteiger partial charge in [0.25, 0.3) is 0 Å². The maximum atomic E-state index is 5.93. The van der Waals surface area contributed by atoms with Crippen molar-refractivity contribution < 1.29 is 9.26 Å². The summed E-state index contributed by atoms with van der Waals surface area (Å²) in [6.45, 7) is 5.94. The molecule has 102 valence electrons. The molecule has 0 amide bonds. The normalized spacial score (nSPS) is 28.5. The number of nitrogens with one attached hydrogen (secondary N) is 1. The van der Waals surface area contributed by atoms with Crippen molar-refractivity contribution in [3.63, 3.8) is 0 Å². The van der Waals surface area contributed by atoms with Gasteiger partial charge in [0.1, 0.15) is 6.61 Å². The molecule has 1 aliphatic carbocycles. The Morgan fingerprint density at radius 3 is 2.94 bits per heavy atom. The molecule has 2 rings (SSSR count). The zero-order valence-electron chi connectivity index (χ0n) is 11.6. The van der Waals surface area contributed by atoms with Gasteiger partial charge in [-0.05, 0) is 38.1 Å². The van der Waals surface area contributed by atoms with Gasteiger partial charge in [0, 0.05) is 12.6 Å². The first-order valence-corrected chi connectivity index (χ1v) is 6.89. The molecule has 1 heterocycles. The van der Waals surface area contributed by atoms with E-state index in [0.717, 1.165) is 29.8 Å². The van der Waals surface area contributed by atoms with E-state index in [1.807, 2.05) is 13.1 Å². The Balaban J connectivity index is 1.77. The maximum absolute atomic E-state index is 5.93. The summed E-state index contributed by atoms with van der Waals surface area (Å²) in [6.07, 6.45) is 3.99. The molecule has 3 unspecified atom stereocenters. The lowest BCUT2D eigenvalue weighted by Crippen LogP contribution is -2.26. The summed E-state index contributed by atoms with van der Waals surface area (Å²) < 4.78 is 11.2. The summed E-state index contributed by atoms with van der Waals surface area (Å²) in [5, 5.41) is 7.03. The molecule has 0 aromatic carbocycles. The highest BCUT2D eigenvalue weighted by Gasteiger charge is 2.25. The van der Waals surface area contributed by atoms with Crippen LogP contribution in [-0.4, -0.2) is 18.3 Å². The Hall–Kier alpha value is -0.870. The molecule has 1 fully saturated rings. The van der Waals surface area contributed by atoms with Gasteiger partial charge in [0.05, 0.1) is 11.8 Å². The second kappa shape index (κ2) is 6.34. The molecule has 0 aliphatic heterocycles. The molecular formula is C14H24N2O2. The van der Waals surface area contributed by atoms with E-state index in [2.05, 4.69) is 24.3 Å². The fourth-order valence-corrected chi connectivity index (χ4v) is 2.54. The third-order valence-corrected chi connectivity index (χ3v) is 3.98. The monoisotopic (exact) mass is 252 g/mol. The topological polar surface area (TPSA) is 47.3 Å². The van der Waals surface area contributed by atoms with Gasteiger partial charge in [0.2, 0.25) is 0 Å². The second-order valence-corrected chi connectivity index (χ2v) is 5.52. The van der Waals surface area contributed by atoms with Gasteiger partial charge in [0.15, 0.2) is 5.76 Å². The molecule has 4 heteroatoms. The van der Waals surface area contributed by atoms with Gasteiger partial charge in [-0.2, -0.15) is 0 Å². The van der Waals surface area contributed by atoms with Gasteiger partial charge < -0.3 is 14.6 Å². The Kier molecular flexibility index (Phi) is 4.78. The second-order valence-electron chi connectivity index (χ2n) is 5.52. The average Bonchev–Trinajstić information content (AvgIpc) is 2.79. The van der Waals surface area contributed by atoms with Crippen molar-refractivity contribution in [2.75, 3.05) is 7.05 Å². The van der Waals surface area contributed by atoms with Crippen molar-refractivity contribution in [3.05, 3.63) is 17.5 Å². The number of hydrogen-bond acceptors (Lipinski definition) is 4. The van der Waals surface area contributed by atoms with Gasteiger partial charge in [-0.3, -0.25) is 0 Å². The Labute approximate surface area is 109 Å². The average molecular weight is 252 g/mol. The van der Waals surface area contributed by atoms with E-state index in [0.29, 0.717) is 12.7 Å². The van der Waals surface area contributed by atoms with Crippen LogP contribution >= 0.6 is 0 Å². The van der Waals surface area contributed by atoms with Crippen LogP contribution in [0, 0.1) is 11.8 Å². The lowest BCUT2D eigenvalue weighted by Gasteiger charge is -2.31. The quantitative estimate of drug-likeness (QED) is 0.875. The molecule has 0 bridgehead atoms. The number of nitrogens with zero attached hydrogens (tertiary/aromatic N) is 1. The maximum Gasteiger partial charge on any atom is 0.162 e. The van der Waals surface area contributed by atoms with Crippen molar-refractivity contribution in [2.45, 2.75) is 52.4 Å². The summed E-state index contributed by atoms with van der Waals surface area (Å²) in [7, 11) is 1.90. The van der Waals surface area contributed by atoms with Crippen LogP contribution in [0.25, 0.3) is 0 Å². The van der Waals surface area contributed by atoms with Crippen molar-refractivity contribution >= 4 is 0 Å². The molecule has 1 aromatic heterocycles. The van der Waals surface area contributed by atoms with Crippen molar-refractivity contribution in [3.8, 4) is 0 Å². The highest BCUT2D eigenvalue weighted by molar-refractivity contribution is 5.04. The van der Waals surface area contributed by atoms with Crippen LogP contribution in [0.2, 0.25) is 0 Å². The van der Waals surface area contributed by atoms with Crippen LogP contribution in [0.3, 0.4) is 0 Å². The van der Waals surface area contributed by atoms with Crippen LogP contribution in [0.4, 0.5) is 0 Å². The first-order valence-electron chi connectivity index (χ1n) is 6.89. The smallest absolute Gasteiger partial charge is 0.162 e. The molecule has 0 saturated heterocycles. The fraction of sp³-hybridized carbons (Fsp3) is 0.786. The molecule has 0 spiro atoms. The predicted octanol–water partition coefficient (Wildman–Crippen LogP) is 2.74. The van der Waals surface area contributed by atoms with Crippen molar-refractivity contribution in [1.29, 1.82) is 0 Å². The molecule has 1 N–H and O–H groups in total. The van der Waals surface area contributed by atoms with E-state index in [-0.39, 0.29) is 0 Å². The number of rotatable bonds is 5. The lowest BCUT2D eigenvalue weighted by molar-refractivity contribution is -0.0155. The summed E-state index contributed by atoms with van der Waals surface area (Å²) >= 11 is 0. The van der Waals surface area contributed by atoms with Gasteiger partial charge in [-0.15, -0.1) is 0 Å². The third-order valence-electron chi connectivity index (χ3n) is 3.98. The fourth-order valence-electron chi connectivity index (χ4n) is 2.54. The Bertz CT molecular complexity index is 364. The van der Waals surface area contributed by atoms with Gasteiger partial charge >= 0.3 is 0 Å². The van der Waals surface area contributed by atoms with Crippen LogP contribution in [0.5, 0.6) is 0 Å². The highest BCUT2D eigenvalue weighted by Crippen LogP contribution is 2.31. The third kappa shape index (κ3) is 3.56. The van der Waals surface area contributed by atoms with E-state index < -0.39 is 0 Å². The zero-order chi connectivity index (χ0) is 13.0. The molecule has 3 atom stereocenters. The molecule has 0 radical (unpaired) electrons. The standard InChI is InChI=1S/C14H24N2O2/c1-10-4-5-13(6-11(10)2)17-9-14-7-12(8-15-3)16-18-14/h7,10-11,13,15H,4-6,8-9H2,1-3H3. The van der Waals surface area contributed by atoms with Crippen molar-refractivity contribution in [1.82, 2.24) is 10.5 Å². The number of hydrogen-bond donors (Lipinski definition) is 1. The highest BCUT2D eigenvalue weighted by atomic mass is 16.5. The number of aromatic nitrogens is 1. The number of ether oxygens (including phenoxy) is 1. The molecule has 1 aliphatic rings. The molecule has 1 aromatic rings. The lowest BCUT2D eigenvalue weighted by atomic mass is 9.80. The van der Waals surface area contributed by atoms with Gasteiger partial charge in [-0.25, -0.2) is 0 Å². The summed E-state index contributed by atoms with van der Waals surface area (Å²) in [4.78, 5) is 0. The van der Waals surface area contributed by atoms with E-state index in [9.17, 15) is 0 Å². The van der Waals surface area contributed by atoms with E-state index >= 15 is 0 Å². The zero-order valence-corrected chi connectivity index (χ0v) is 11.6. The largest absolute Gasteiger partial charge is 0.370 e. The minimum absolute atomic E-state index is 0.383. The van der Waals surface area contributed by atoms with Crippen LogP contribution in [0.15, 0.2) is 10.6 Å². The molecule has 1 saturated carbocycles. The van der Waals surface area contributed by atoms with Gasteiger partial charge in [-0.1, -0.05) is 19.0 Å². The summed E-state index contributed by atoms with van der Waals surface area (Å²) in [6, 6.07) is 1.96. The van der Waals surface area contributed by atoms with Crippen LogP contribution in [-0.2, 0) is 17.9 Å². The van der Waals surface area contributed by atoms with E-state index in [1.165, 1.54) is 19.3 Å². The predicted molar refractivity (Wildman–Crippen MR) is 70.0 cm³/mol. The minimum Gasteiger partial charge on any atom is -0.370 e. The molecular weight excluding hydrogens is 228 g/mol.